The van der Waals surface area contributed by atoms with Crippen molar-refractivity contribution in [2.24, 2.45) is 0 Å². The van der Waals surface area contributed by atoms with E-state index in [1.54, 1.807) is 27.8 Å². The quantitative estimate of drug-likeness (QED) is 0.839. The van der Waals surface area contributed by atoms with E-state index in [9.17, 15) is 14.3 Å². The molecular weight excluding hydrogens is 321 g/mol. The van der Waals surface area contributed by atoms with E-state index >= 15 is 0 Å². The van der Waals surface area contributed by atoms with Gasteiger partial charge in [-0.3, -0.25) is 4.79 Å². The Balaban J connectivity index is 1.99. The minimum Gasteiger partial charge on any atom is -0.395 e. The van der Waals surface area contributed by atoms with Crippen LogP contribution in [0.25, 0.3) is 5.69 Å². The zero-order valence-electron chi connectivity index (χ0n) is 14.5. The molecule has 0 saturated heterocycles. The fraction of sp³-hybridized carbons (Fsp3) is 0.474. The van der Waals surface area contributed by atoms with Crippen LogP contribution in [0.4, 0.5) is 4.39 Å². The summed E-state index contributed by atoms with van der Waals surface area (Å²) in [6, 6.07) is 6.49. The lowest BCUT2D eigenvalue weighted by Gasteiger charge is -2.20. The number of aliphatic hydroxyl groups is 1. The minimum absolute atomic E-state index is 0.0777. The van der Waals surface area contributed by atoms with E-state index < -0.39 is 0 Å². The molecule has 5 nitrogen and oxygen atoms in total. The number of halogens is 1. The number of benzene rings is 1. The van der Waals surface area contributed by atoms with E-state index in [0.29, 0.717) is 24.5 Å². The van der Waals surface area contributed by atoms with Gasteiger partial charge in [-0.05, 0) is 37.8 Å². The standard InChI is InChI=1S/C19H24FN3O2/c1-2-3-11-22(12-13-24)19(25)18-14-7-6-10-16(14)23(21-18)17-9-5-4-8-15(17)20/h4-5,8-9,24H,2-3,6-7,10-13H2,1H3. The number of carbonyl (C=O) groups excluding carboxylic acids is 1. The Morgan fingerprint density at radius 3 is 2.84 bits per heavy atom. The summed E-state index contributed by atoms with van der Waals surface area (Å²) in [6.07, 6.45) is 4.36. The molecule has 0 atom stereocenters. The summed E-state index contributed by atoms with van der Waals surface area (Å²) in [5.41, 5.74) is 2.63. The highest BCUT2D eigenvalue weighted by Crippen LogP contribution is 2.29. The Morgan fingerprint density at radius 1 is 1.32 bits per heavy atom. The Kier molecular flexibility index (Phi) is 5.48. The maximum atomic E-state index is 14.2. The van der Waals surface area contributed by atoms with Crippen molar-refractivity contribution in [2.45, 2.75) is 39.0 Å². The number of para-hydroxylation sites is 1. The molecule has 1 aromatic heterocycles. The lowest BCUT2D eigenvalue weighted by Crippen LogP contribution is -2.35. The molecule has 1 aromatic carbocycles. The number of carbonyl (C=O) groups is 1. The van der Waals surface area contributed by atoms with Gasteiger partial charge in [-0.15, -0.1) is 0 Å². The first-order chi connectivity index (χ1) is 12.2. The summed E-state index contributed by atoms with van der Waals surface area (Å²) in [5, 5.41) is 13.8. The fourth-order valence-electron chi connectivity index (χ4n) is 3.37. The zero-order valence-corrected chi connectivity index (χ0v) is 14.5. The maximum Gasteiger partial charge on any atom is 0.274 e. The number of rotatable bonds is 7. The first-order valence-electron chi connectivity index (χ1n) is 8.93. The molecule has 1 amide bonds. The summed E-state index contributed by atoms with van der Waals surface area (Å²) in [4.78, 5) is 14.6. The molecule has 2 aromatic rings. The molecule has 1 heterocycles. The Morgan fingerprint density at radius 2 is 2.12 bits per heavy atom. The highest BCUT2D eigenvalue weighted by Gasteiger charge is 2.29. The maximum absolute atomic E-state index is 14.2. The third-order valence-corrected chi connectivity index (χ3v) is 4.65. The van der Waals surface area contributed by atoms with Gasteiger partial charge in [0.2, 0.25) is 0 Å². The van der Waals surface area contributed by atoms with Gasteiger partial charge in [0.1, 0.15) is 11.5 Å². The van der Waals surface area contributed by atoms with Gasteiger partial charge in [0.15, 0.2) is 5.69 Å². The minimum atomic E-state index is -0.350. The van der Waals surface area contributed by atoms with Crippen LogP contribution in [-0.4, -0.2) is 45.4 Å². The van der Waals surface area contributed by atoms with Gasteiger partial charge in [-0.2, -0.15) is 5.10 Å². The second-order valence-electron chi connectivity index (χ2n) is 6.36. The average Bonchev–Trinajstić information content (AvgIpc) is 3.21. The predicted molar refractivity (Wildman–Crippen MR) is 93.4 cm³/mol. The number of hydrogen-bond acceptors (Lipinski definition) is 3. The largest absolute Gasteiger partial charge is 0.395 e. The van der Waals surface area contributed by atoms with Crippen LogP contribution < -0.4 is 0 Å². The Hall–Kier alpha value is -2.21. The molecule has 0 spiro atoms. The molecule has 0 aliphatic heterocycles. The smallest absolute Gasteiger partial charge is 0.274 e. The van der Waals surface area contributed by atoms with Crippen LogP contribution in [0.15, 0.2) is 24.3 Å². The molecule has 6 heteroatoms. The van der Waals surface area contributed by atoms with Crippen LogP contribution in [0, 0.1) is 5.82 Å². The van der Waals surface area contributed by atoms with Crippen molar-refractivity contribution in [3.63, 3.8) is 0 Å². The van der Waals surface area contributed by atoms with Gasteiger partial charge in [-0.1, -0.05) is 25.5 Å². The average molecular weight is 345 g/mol. The third kappa shape index (κ3) is 3.44. The van der Waals surface area contributed by atoms with Crippen LogP contribution in [0.1, 0.15) is 47.9 Å². The fourth-order valence-corrected chi connectivity index (χ4v) is 3.37. The number of unbranched alkanes of at least 4 members (excludes halogenated alkanes) is 1. The number of nitrogens with zero attached hydrogens (tertiary/aromatic N) is 3. The molecule has 25 heavy (non-hydrogen) atoms. The van der Waals surface area contributed by atoms with Crippen LogP contribution in [0.5, 0.6) is 0 Å². The number of hydrogen-bond donors (Lipinski definition) is 1. The summed E-state index contributed by atoms with van der Waals surface area (Å²) in [7, 11) is 0. The van der Waals surface area contributed by atoms with Crippen molar-refractivity contribution in [3.8, 4) is 5.69 Å². The number of fused-ring (bicyclic) bond motifs is 1. The van der Waals surface area contributed by atoms with E-state index in [1.165, 1.54) is 6.07 Å². The van der Waals surface area contributed by atoms with Crippen LogP contribution in [0.2, 0.25) is 0 Å². The topological polar surface area (TPSA) is 58.4 Å². The molecule has 1 aliphatic carbocycles. The summed E-state index contributed by atoms with van der Waals surface area (Å²) < 4.78 is 15.8. The van der Waals surface area contributed by atoms with Crippen LogP contribution in [-0.2, 0) is 12.8 Å². The van der Waals surface area contributed by atoms with E-state index in [1.807, 2.05) is 0 Å². The van der Waals surface area contributed by atoms with Crippen molar-refractivity contribution in [1.29, 1.82) is 0 Å². The highest BCUT2D eigenvalue weighted by molar-refractivity contribution is 5.94. The number of amides is 1. The molecule has 3 rings (SSSR count). The molecule has 0 bridgehead atoms. The van der Waals surface area contributed by atoms with Crippen molar-refractivity contribution in [1.82, 2.24) is 14.7 Å². The van der Waals surface area contributed by atoms with Gasteiger partial charge in [0.05, 0.1) is 6.61 Å². The first kappa shape index (κ1) is 17.6. The monoisotopic (exact) mass is 345 g/mol. The van der Waals surface area contributed by atoms with E-state index in [4.69, 9.17) is 0 Å². The second kappa shape index (κ2) is 7.78. The SMILES string of the molecule is CCCCN(CCO)C(=O)c1nn(-c2ccccc2F)c2c1CCC2. The zero-order chi connectivity index (χ0) is 17.8. The molecule has 0 radical (unpaired) electrons. The third-order valence-electron chi connectivity index (χ3n) is 4.65. The van der Waals surface area contributed by atoms with Gasteiger partial charge >= 0.3 is 0 Å². The summed E-state index contributed by atoms with van der Waals surface area (Å²) in [6.45, 7) is 2.87. The van der Waals surface area contributed by atoms with E-state index in [-0.39, 0.29) is 18.3 Å². The van der Waals surface area contributed by atoms with Crippen molar-refractivity contribution >= 4 is 5.91 Å². The summed E-state index contributed by atoms with van der Waals surface area (Å²) in [5.74, 6) is -0.521. The van der Waals surface area contributed by atoms with E-state index in [2.05, 4.69) is 12.0 Å². The number of aromatic nitrogens is 2. The molecule has 0 fully saturated rings. The van der Waals surface area contributed by atoms with Crippen LogP contribution >= 0.6 is 0 Å². The Labute approximate surface area is 147 Å². The predicted octanol–water partition coefficient (Wildman–Crippen LogP) is 2.73. The van der Waals surface area contributed by atoms with Crippen molar-refractivity contribution < 1.29 is 14.3 Å². The van der Waals surface area contributed by atoms with Gasteiger partial charge in [0.25, 0.3) is 5.91 Å². The molecule has 0 unspecified atom stereocenters. The van der Waals surface area contributed by atoms with Crippen LogP contribution in [0.3, 0.4) is 0 Å². The van der Waals surface area contributed by atoms with Crippen molar-refractivity contribution in [2.75, 3.05) is 19.7 Å². The van der Waals surface area contributed by atoms with Crippen molar-refractivity contribution in [3.05, 3.63) is 47.0 Å². The lowest BCUT2D eigenvalue weighted by molar-refractivity contribution is 0.0712. The molecule has 1 aliphatic rings. The Bertz CT molecular complexity index is 757. The van der Waals surface area contributed by atoms with Gasteiger partial charge < -0.3 is 10.0 Å². The number of aliphatic hydroxyl groups excluding tert-OH is 1. The molecule has 0 saturated carbocycles. The molecule has 1 N–H and O–H groups in total. The second-order valence-corrected chi connectivity index (χ2v) is 6.36. The first-order valence-corrected chi connectivity index (χ1v) is 8.93. The summed E-state index contributed by atoms with van der Waals surface area (Å²) >= 11 is 0. The molecule has 134 valence electrons. The van der Waals surface area contributed by atoms with E-state index in [0.717, 1.165) is 43.4 Å². The lowest BCUT2D eigenvalue weighted by atomic mass is 10.1. The molecular formula is C19H24FN3O2. The normalized spacial score (nSPS) is 13.1. The van der Waals surface area contributed by atoms with Gasteiger partial charge in [-0.25, -0.2) is 9.07 Å². The van der Waals surface area contributed by atoms with Gasteiger partial charge in [0, 0.05) is 24.3 Å². The highest BCUT2D eigenvalue weighted by atomic mass is 19.1.